The van der Waals surface area contributed by atoms with Gasteiger partial charge in [-0.3, -0.25) is 9.78 Å². The first kappa shape index (κ1) is 9.02. The molecule has 0 aliphatic rings. The average Bonchev–Trinajstić information content (AvgIpc) is 2.72. The molecule has 0 amide bonds. The number of hydrogen-bond donors (Lipinski definition) is 0. The average molecular weight is 204 g/mol. The van der Waals surface area contributed by atoms with Crippen LogP contribution in [0, 0.1) is 0 Å². The first-order valence-corrected chi connectivity index (χ1v) is 5.06. The van der Waals surface area contributed by atoms with Gasteiger partial charge in [0.1, 0.15) is 5.01 Å². The maximum atomic E-state index is 11.7. The summed E-state index contributed by atoms with van der Waals surface area (Å²) >= 11 is 1.50. The van der Waals surface area contributed by atoms with Crippen LogP contribution in [0.1, 0.15) is 15.4 Å². The second-order valence-electron chi connectivity index (χ2n) is 2.76. The molecule has 0 unspecified atom stereocenters. The summed E-state index contributed by atoms with van der Waals surface area (Å²) in [4.78, 5) is 19.6. The highest BCUT2D eigenvalue weighted by molar-refractivity contribution is 7.09. The molecule has 2 rings (SSSR count). The Labute approximate surface area is 85.5 Å². The number of hydrogen-bond acceptors (Lipinski definition) is 4. The predicted molar refractivity (Wildman–Crippen MR) is 54.4 cm³/mol. The number of carbonyl (C=O) groups excluding carboxylic acids is 1. The van der Waals surface area contributed by atoms with Crippen LogP contribution in [0.25, 0.3) is 0 Å². The number of rotatable bonds is 3. The largest absolute Gasteiger partial charge is 0.294 e. The van der Waals surface area contributed by atoms with Crippen molar-refractivity contribution in [2.45, 2.75) is 6.42 Å². The van der Waals surface area contributed by atoms with Crippen molar-refractivity contribution in [1.29, 1.82) is 0 Å². The zero-order valence-electron chi connectivity index (χ0n) is 7.38. The van der Waals surface area contributed by atoms with E-state index in [1.807, 2.05) is 5.38 Å². The van der Waals surface area contributed by atoms with E-state index in [9.17, 15) is 4.79 Å². The van der Waals surface area contributed by atoms with Crippen molar-refractivity contribution in [2.24, 2.45) is 0 Å². The summed E-state index contributed by atoms with van der Waals surface area (Å²) in [6, 6.07) is 3.44. The van der Waals surface area contributed by atoms with Gasteiger partial charge in [0.15, 0.2) is 5.78 Å². The molecule has 0 atom stereocenters. The van der Waals surface area contributed by atoms with E-state index in [2.05, 4.69) is 9.97 Å². The van der Waals surface area contributed by atoms with Gasteiger partial charge in [-0.05, 0) is 12.1 Å². The van der Waals surface area contributed by atoms with Crippen LogP contribution >= 0.6 is 11.3 Å². The standard InChI is InChI=1S/C10H8N2OS/c13-9(7-10-12-5-6-14-10)8-1-3-11-4-2-8/h1-6H,7H2. The highest BCUT2D eigenvalue weighted by atomic mass is 32.1. The number of carbonyl (C=O) groups is 1. The van der Waals surface area contributed by atoms with Crippen molar-refractivity contribution >= 4 is 17.1 Å². The second kappa shape index (κ2) is 4.11. The van der Waals surface area contributed by atoms with Gasteiger partial charge in [0, 0.05) is 29.5 Å². The Morgan fingerprint density at radius 3 is 2.71 bits per heavy atom. The lowest BCUT2D eigenvalue weighted by atomic mass is 10.1. The lowest BCUT2D eigenvalue weighted by molar-refractivity contribution is 0.0993. The summed E-state index contributed by atoms with van der Waals surface area (Å²) in [5.41, 5.74) is 0.690. The van der Waals surface area contributed by atoms with Crippen molar-refractivity contribution in [3.63, 3.8) is 0 Å². The van der Waals surface area contributed by atoms with E-state index in [1.165, 1.54) is 11.3 Å². The Balaban J connectivity index is 2.11. The van der Waals surface area contributed by atoms with Crippen molar-refractivity contribution in [2.75, 3.05) is 0 Å². The van der Waals surface area contributed by atoms with E-state index < -0.39 is 0 Å². The van der Waals surface area contributed by atoms with Gasteiger partial charge in [0.05, 0.1) is 6.42 Å². The molecule has 0 spiro atoms. The first-order chi connectivity index (χ1) is 6.86. The van der Waals surface area contributed by atoms with Crippen molar-refractivity contribution in [3.8, 4) is 0 Å². The molecule has 2 aromatic rings. The highest BCUT2D eigenvalue weighted by Gasteiger charge is 2.07. The van der Waals surface area contributed by atoms with Crippen LogP contribution in [0.15, 0.2) is 36.1 Å². The van der Waals surface area contributed by atoms with Gasteiger partial charge >= 0.3 is 0 Å². The molecule has 0 aliphatic heterocycles. The van der Waals surface area contributed by atoms with E-state index >= 15 is 0 Å². The van der Waals surface area contributed by atoms with Gasteiger partial charge in [0.2, 0.25) is 0 Å². The van der Waals surface area contributed by atoms with Gasteiger partial charge in [-0.2, -0.15) is 0 Å². The molecule has 0 saturated heterocycles. The van der Waals surface area contributed by atoms with Gasteiger partial charge in [0.25, 0.3) is 0 Å². The fourth-order valence-electron chi connectivity index (χ4n) is 1.12. The monoisotopic (exact) mass is 204 g/mol. The van der Waals surface area contributed by atoms with E-state index in [1.54, 1.807) is 30.7 Å². The highest BCUT2D eigenvalue weighted by Crippen LogP contribution is 2.08. The number of ketones is 1. The Morgan fingerprint density at radius 1 is 1.29 bits per heavy atom. The Bertz CT molecular complexity index is 411. The lowest BCUT2D eigenvalue weighted by Gasteiger charge is -1.96. The molecule has 0 bridgehead atoms. The third kappa shape index (κ3) is 2.03. The minimum Gasteiger partial charge on any atom is -0.294 e. The minimum atomic E-state index is 0.0855. The zero-order valence-corrected chi connectivity index (χ0v) is 8.20. The number of pyridine rings is 1. The van der Waals surface area contributed by atoms with Gasteiger partial charge < -0.3 is 0 Å². The van der Waals surface area contributed by atoms with Crippen LogP contribution in [0.5, 0.6) is 0 Å². The number of nitrogens with zero attached hydrogens (tertiary/aromatic N) is 2. The van der Waals surface area contributed by atoms with E-state index in [0.29, 0.717) is 12.0 Å². The van der Waals surface area contributed by atoms with Gasteiger partial charge in [-0.1, -0.05) is 0 Å². The quantitative estimate of drug-likeness (QED) is 0.718. The molecule has 0 N–H and O–H groups in total. The third-order valence-corrected chi connectivity index (χ3v) is 2.58. The van der Waals surface area contributed by atoms with Crippen molar-refractivity contribution in [3.05, 3.63) is 46.7 Å². The molecule has 0 radical (unpaired) electrons. The Morgan fingerprint density at radius 2 is 2.07 bits per heavy atom. The molecule has 4 heteroatoms. The lowest BCUT2D eigenvalue weighted by Crippen LogP contribution is -2.02. The van der Waals surface area contributed by atoms with Crippen LogP contribution in [-0.4, -0.2) is 15.8 Å². The maximum absolute atomic E-state index is 11.7. The Hall–Kier alpha value is -1.55. The van der Waals surface area contributed by atoms with Crippen LogP contribution in [-0.2, 0) is 6.42 Å². The summed E-state index contributed by atoms with van der Waals surface area (Å²) < 4.78 is 0. The van der Waals surface area contributed by atoms with E-state index in [-0.39, 0.29) is 5.78 Å². The molecular formula is C10H8N2OS. The molecule has 14 heavy (non-hydrogen) atoms. The molecule has 3 nitrogen and oxygen atoms in total. The minimum absolute atomic E-state index is 0.0855. The van der Waals surface area contributed by atoms with Crippen LogP contribution in [0.2, 0.25) is 0 Å². The summed E-state index contributed by atoms with van der Waals surface area (Å²) in [5, 5.41) is 2.72. The van der Waals surface area contributed by atoms with E-state index in [4.69, 9.17) is 0 Å². The fourth-order valence-corrected chi connectivity index (χ4v) is 1.73. The summed E-state index contributed by atoms with van der Waals surface area (Å²) in [5.74, 6) is 0.0855. The summed E-state index contributed by atoms with van der Waals surface area (Å²) in [7, 11) is 0. The molecule has 70 valence electrons. The molecular weight excluding hydrogens is 196 g/mol. The molecule has 0 fully saturated rings. The Kier molecular flexibility index (Phi) is 2.65. The van der Waals surface area contributed by atoms with Crippen molar-refractivity contribution in [1.82, 2.24) is 9.97 Å². The topological polar surface area (TPSA) is 42.9 Å². The molecule has 2 heterocycles. The smallest absolute Gasteiger partial charge is 0.169 e. The number of Topliss-reactive ketones (excluding diaryl/α,β-unsaturated/α-hetero) is 1. The number of thiazole rings is 1. The normalized spacial score (nSPS) is 10.0. The summed E-state index contributed by atoms with van der Waals surface area (Å²) in [6.07, 6.45) is 5.33. The van der Waals surface area contributed by atoms with E-state index in [0.717, 1.165) is 5.01 Å². The second-order valence-corrected chi connectivity index (χ2v) is 3.74. The van der Waals surface area contributed by atoms with Crippen LogP contribution in [0.4, 0.5) is 0 Å². The van der Waals surface area contributed by atoms with Crippen LogP contribution in [0.3, 0.4) is 0 Å². The third-order valence-electron chi connectivity index (χ3n) is 1.80. The van der Waals surface area contributed by atoms with Crippen molar-refractivity contribution < 1.29 is 4.79 Å². The van der Waals surface area contributed by atoms with Crippen LogP contribution < -0.4 is 0 Å². The molecule has 0 aromatic carbocycles. The predicted octanol–water partition coefficient (Wildman–Crippen LogP) is 1.96. The number of aromatic nitrogens is 2. The van der Waals surface area contributed by atoms with Gasteiger partial charge in [-0.25, -0.2) is 4.98 Å². The molecule has 0 aliphatic carbocycles. The van der Waals surface area contributed by atoms with Gasteiger partial charge in [-0.15, -0.1) is 11.3 Å². The summed E-state index contributed by atoms with van der Waals surface area (Å²) in [6.45, 7) is 0. The molecule has 2 aromatic heterocycles. The molecule has 0 saturated carbocycles. The zero-order chi connectivity index (χ0) is 9.80. The SMILES string of the molecule is O=C(Cc1nccs1)c1ccncc1. The maximum Gasteiger partial charge on any atom is 0.169 e. The first-order valence-electron chi connectivity index (χ1n) is 4.18. The fraction of sp³-hybridized carbons (Fsp3) is 0.100.